The molecule has 0 aliphatic carbocycles. The van der Waals surface area contributed by atoms with Gasteiger partial charge in [0.15, 0.2) is 0 Å². The number of nitrogens with zero attached hydrogens (tertiary/aromatic N) is 2. The smallest absolute Gasteiger partial charge is 0.325 e. The van der Waals surface area contributed by atoms with Crippen molar-refractivity contribution in [2.75, 3.05) is 5.32 Å². The van der Waals surface area contributed by atoms with Gasteiger partial charge in [0.25, 0.3) is 0 Å². The first-order chi connectivity index (χ1) is 13.2. The molecule has 3 aromatic rings. The van der Waals surface area contributed by atoms with Crippen LogP contribution in [0.1, 0.15) is 23.2 Å². The maximum absolute atomic E-state index is 12.9. The molecule has 0 radical (unpaired) electrons. The lowest BCUT2D eigenvalue weighted by atomic mass is 10.2. The van der Waals surface area contributed by atoms with E-state index in [2.05, 4.69) is 20.5 Å². The molecule has 1 aromatic carbocycles. The van der Waals surface area contributed by atoms with E-state index in [0.29, 0.717) is 17.4 Å². The Morgan fingerprint density at radius 1 is 1.39 bits per heavy atom. The Bertz CT molecular complexity index is 960. The summed E-state index contributed by atoms with van der Waals surface area (Å²) in [4.78, 5) is 17.8. The third-order valence-electron chi connectivity index (χ3n) is 3.62. The minimum Gasteiger partial charge on any atom is -0.325 e. The van der Waals surface area contributed by atoms with Gasteiger partial charge in [-0.25, -0.2) is 4.98 Å². The summed E-state index contributed by atoms with van der Waals surface area (Å²) in [6.45, 7) is 1.62. The Hall–Kier alpha value is -2.04. The average molecular weight is 447 g/mol. The van der Waals surface area contributed by atoms with E-state index < -0.39 is 27.9 Å². The van der Waals surface area contributed by atoms with Crippen LogP contribution in [-0.2, 0) is 17.4 Å². The SMILES string of the molecule is CC(Sc1n[nH]c(Cc2cccs2)n1)C(=O)Nc1ccc(Cl)c(C(F)(F)F)c1. The van der Waals surface area contributed by atoms with Crippen LogP contribution in [0.15, 0.2) is 40.9 Å². The van der Waals surface area contributed by atoms with Crippen molar-refractivity contribution in [1.29, 1.82) is 0 Å². The third-order valence-corrected chi connectivity index (χ3v) is 5.79. The van der Waals surface area contributed by atoms with Gasteiger partial charge in [-0.05, 0) is 36.6 Å². The molecule has 1 amide bonds. The fourth-order valence-corrected chi connectivity index (χ4v) is 3.94. The molecular weight excluding hydrogens is 433 g/mol. The monoisotopic (exact) mass is 446 g/mol. The van der Waals surface area contributed by atoms with Crippen LogP contribution in [-0.4, -0.2) is 26.3 Å². The molecule has 5 nitrogen and oxygen atoms in total. The zero-order valence-electron chi connectivity index (χ0n) is 14.4. The highest BCUT2D eigenvalue weighted by Crippen LogP contribution is 2.36. The number of carbonyl (C=O) groups is 1. The number of hydrogen-bond acceptors (Lipinski definition) is 5. The molecular formula is C17H14ClF3N4OS2. The first kappa shape index (κ1) is 20.7. The maximum atomic E-state index is 12.9. The molecule has 1 unspecified atom stereocenters. The molecule has 2 aromatic heterocycles. The van der Waals surface area contributed by atoms with Crippen molar-refractivity contribution in [2.45, 2.75) is 29.9 Å². The molecule has 2 heterocycles. The van der Waals surface area contributed by atoms with E-state index in [4.69, 9.17) is 11.6 Å². The summed E-state index contributed by atoms with van der Waals surface area (Å²) >= 11 is 8.29. The Balaban J connectivity index is 1.61. The lowest BCUT2D eigenvalue weighted by Gasteiger charge is -2.13. The standard InChI is InChI=1S/C17H14ClF3N4OS2/c1-9(28-16-23-14(24-25-16)8-11-3-2-6-27-11)15(26)22-10-4-5-13(18)12(7-10)17(19,20)21/h2-7,9H,8H2,1H3,(H,22,26)(H,23,24,25). The molecule has 0 saturated heterocycles. The Labute approximate surface area is 171 Å². The predicted octanol–water partition coefficient (Wildman–Crippen LogP) is 5.25. The molecule has 0 spiro atoms. The van der Waals surface area contributed by atoms with Crippen molar-refractivity contribution >= 4 is 46.3 Å². The fourth-order valence-electron chi connectivity index (χ4n) is 2.26. The summed E-state index contributed by atoms with van der Waals surface area (Å²) in [6, 6.07) is 7.16. The van der Waals surface area contributed by atoms with E-state index in [9.17, 15) is 18.0 Å². The second kappa shape index (κ2) is 8.54. The number of alkyl halides is 3. The first-order valence-corrected chi connectivity index (χ1v) is 10.1. The molecule has 28 heavy (non-hydrogen) atoms. The van der Waals surface area contributed by atoms with Crippen molar-refractivity contribution in [2.24, 2.45) is 0 Å². The number of thioether (sulfide) groups is 1. The van der Waals surface area contributed by atoms with Crippen LogP contribution in [0, 0.1) is 0 Å². The number of halogens is 4. The minimum atomic E-state index is -4.60. The highest BCUT2D eigenvalue weighted by molar-refractivity contribution is 8.00. The van der Waals surface area contributed by atoms with Gasteiger partial charge in [0.2, 0.25) is 11.1 Å². The molecule has 2 N–H and O–H groups in total. The van der Waals surface area contributed by atoms with Crippen molar-refractivity contribution in [1.82, 2.24) is 15.2 Å². The van der Waals surface area contributed by atoms with E-state index in [0.717, 1.165) is 28.8 Å². The number of hydrogen-bond donors (Lipinski definition) is 2. The number of carbonyl (C=O) groups excluding carboxylic acids is 1. The number of rotatable bonds is 6. The summed E-state index contributed by atoms with van der Waals surface area (Å²) in [5, 5.41) is 10.7. The number of nitrogens with one attached hydrogen (secondary N) is 2. The Morgan fingerprint density at radius 3 is 2.86 bits per heavy atom. The predicted molar refractivity (Wildman–Crippen MR) is 104 cm³/mol. The zero-order chi connectivity index (χ0) is 20.3. The number of benzene rings is 1. The van der Waals surface area contributed by atoms with E-state index in [1.54, 1.807) is 18.3 Å². The van der Waals surface area contributed by atoms with Crippen molar-refractivity contribution < 1.29 is 18.0 Å². The number of thiophene rings is 1. The molecule has 3 rings (SSSR count). The highest BCUT2D eigenvalue weighted by atomic mass is 35.5. The van der Waals surface area contributed by atoms with Gasteiger partial charge in [-0.3, -0.25) is 9.89 Å². The summed E-state index contributed by atoms with van der Waals surface area (Å²) in [5.74, 6) is 0.204. The van der Waals surface area contributed by atoms with E-state index in [1.807, 2.05) is 17.5 Å². The molecule has 0 aliphatic heterocycles. The zero-order valence-corrected chi connectivity index (χ0v) is 16.8. The lowest BCUT2D eigenvalue weighted by Crippen LogP contribution is -2.22. The van der Waals surface area contributed by atoms with Gasteiger partial charge in [0.05, 0.1) is 15.8 Å². The number of amides is 1. The van der Waals surface area contributed by atoms with Crippen LogP contribution in [0.2, 0.25) is 5.02 Å². The van der Waals surface area contributed by atoms with Gasteiger partial charge in [0.1, 0.15) is 5.82 Å². The van der Waals surface area contributed by atoms with Crippen LogP contribution in [0.5, 0.6) is 0 Å². The van der Waals surface area contributed by atoms with Gasteiger partial charge < -0.3 is 5.32 Å². The van der Waals surface area contributed by atoms with Crippen LogP contribution in [0.3, 0.4) is 0 Å². The van der Waals surface area contributed by atoms with E-state index >= 15 is 0 Å². The summed E-state index contributed by atoms with van der Waals surface area (Å²) in [5.41, 5.74) is -0.984. The van der Waals surface area contributed by atoms with Crippen LogP contribution in [0.4, 0.5) is 18.9 Å². The van der Waals surface area contributed by atoms with Gasteiger partial charge in [-0.2, -0.15) is 13.2 Å². The van der Waals surface area contributed by atoms with Crippen LogP contribution >= 0.6 is 34.7 Å². The van der Waals surface area contributed by atoms with Crippen LogP contribution in [0.25, 0.3) is 0 Å². The topological polar surface area (TPSA) is 70.7 Å². The second-order valence-electron chi connectivity index (χ2n) is 5.76. The average Bonchev–Trinajstić information content (AvgIpc) is 3.28. The van der Waals surface area contributed by atoms with Gasteiger partial charge in [-0.1, -0.05) is 29.4 Å². The van der Waals surface area contributed by atoms with Crippen LogP contribution < -0.4 is 5.32 Å². The van der Waals surface area contributed by atoms with Gasteiger partial charge >= 0.3 is 6.18 Å². The van der Waals surface area contributed by atoms with Crippen molar-refractivity contribution in [3.05, 3.63) is 57.0 Å². The Kier molecular flexibility index (Phi) is 6.31. The molecule has 11 heteroatoms. The summed E-state index contributed by atoms with van der Waals surface area (Å²) < 4.78 is 38.8. The molecule has 1 atom stereocenters. The summed E-state index contributed by atoms with van der Waals surface area (Å²) in [7, 11) is 0. The fraction of sp³-hybridized carbons (Fsp3) is 0.235. The van der Waals surface area contributed by atoms with Crippen molar-refractivity contribution in [3.63, 3.8) is 0 Å². The summed E-state index contributed by atoms with van der Waals surface area (Å²) in [6.07, 6.45) is -3.99. The third kappa shape index (κ3) is 5.27. The molecule has 148 valence electrons. The Morgan fingerprint density at radius 2 is 2.18 bits per heavy atom. The van der Waals surface area contributed by atoms with Gasteiger partial charge in [-0.15, -0.1) is 16.4 Å². The molecule has 0 bridgehead atoms. The quantitative estimate of drug-likeness (QED) is 0.507. The molecule has 0 aliphatic rings. The van der Waals surface area contributed by atoms with Gasteiger partial charge in [0, 0.05) is 17.0 Å². The number of aromatic nitrogens is 3. The lowest BCUT2D eigenvalue weighted by molar-refractivity contribution is -0.137. The molecule has 0 saturated carbocycles. The number of aromatic amines is 1. The van der Waals surface area contributed by atoms with E-state index in [1.165, 1.54) is 6.07 Å². The maximum Gasteiger partial charge on any atom is 0.417 e. The van der Waals surface area contributed by atoms with Crippen molar-refractivity contribution in [3.8, 4) is 0 Å². The second-order valence-corrected chi connectivity index (χ2v) is 8.51. The number of H-pyrrole nitrogens is 1. The largest absolute Gasteiger partial charge is 0.417 e. The first-order valence-electron chi connectivity index (χ1n) is 8.00. The minimum absolute atomic E-state index is 0.0162. The normalized spacial score (nSPS) is 12.8. The highest BCUT2D eigenvalue weighted by Gasteiger charge is 2.33. The number of anilines is 1. The molecule has 0 fully saturated rings. The van der Waals surface area contributed by atoms with E-state index in [-0.39, 0.29) is 5.69 Å².